The van der Waals surface area contributed by atoms with Crippen molar-refractivity contribution in [2.24, 2.45) is 5.16 Å². The van der Waals surface area contributed by atoms with Crippen LogP contribution in [0.3, 0.4) is 0 Å². The van der Waals surface area contributed by atoms with Crippen molar-refractivity contribution in [1.29, 1.82) is 0 Å². The molecule has 1 unspecified atom stereocenters. The third-order valence-electron chi connectivity index (χ3n) is 3.00. The highest BCUT2D eigenvalue weighted by Gasteiger charge is 2.04. The predicted molar refractivity (Wildman–Crippen MR) is 80.2 cm³/mol. The molecule has 1 aromatic rings. The van der Waals surface area contributed by atoms with E-state index >= 15 is 0 Å². The van der Waals surface area contributed by atoms with Crippen molar-refractivity contribution in [3.05, 3.63) is 54.0 Å². The predicted octanol–water partition coefficient (Wildman–Crippen LogP) is 2.76. The second-order valence-electron chi connectivity index (χ2n) is 4.76. The SMILES string of the molecule is C/C(=N\OCCCC1C=CC=[C]N1)c1cccc(C)n1. The molecule has 1 radical (unpaired) electrons. The smallest absolute Gasteiger partial charge is 0.117 e. The molecular formula is C16H20N3O. The zero-order valence-electron chi connectivity index (χ0n) is 12.0. The minimum atomic E-state index is 0.354. The summed E-state index contributed by atoms with van der Waals surface area (Å²) in [5.74, 6) is 0. The number of hydrogen-bond acceptors (Lipinski definition) is 4. The molecule has 1 aromatic heterocycles. The van der Waals surface area contributed by atoms with Crippen molar-refractivity contribution in [2.45, 2.75) is 32.7 Å². The van der Waals surface area contributed by atoms with Crippen molar-refractivity contribution in [1.82, 2.24) is 10.3 Å². The monoisotopic (exact) mass is 270 g/mol. The van der Waals surface area contributed by atoms with E-state index in [1.807, 2.05) is 44.2 Å². The van der Waals surface area contributed by atoms with Gasteiger partial charge in [0.2, 0.25) is 0 Å². The minimum absolute atomic E-state index is 0.354. The van der Waals surface area contributed by atoms with Gasteiger partial charge in [0.1, 0.15) is 12.3 Å². The maximum Gasteiger partial charge on any atom is 0.117 e. The van der Waals surface area contributed by atoms with Crippen LogP contribution in [-0.4, -0.2) is 23.3 Å². The van der Waals surface area contributed by atoms with E-state index in [-0.39, 0.29) is 0 Å². The van der Waals surface area contributed by atoms with Gasteiger partial charge in [0.05, 0.1) is 11.9 Å². The van der Waals surface area contributed by atoms with E-state index in [2.05, 4.69) is 27.7 Å². The van der Waals surface area contributed by atoms with Crippen LogP contribution in [0.1, 0.15) is 31.2 Å². The Balaban J connectivity index is 1.70. The summed E-state index contributed by atoms with van der Waals surface area (Å²) in [5.41, 5.74) is 2.65. The highest BCUT2D eigenvalue weighted by molar-refractivity contribution is 5.96. The molecular weight excluding hydrogens is 250 g/mol. The molecule has 0 aliphatic carbocycles. The lowest BCUT2D eigenvalue weighted by Gasteiger charge is -2.14. The summed E-state index contributed by atoms with van der Waals surface area (Å²) in [5, 5.41) is 7.27. The van der Waals surface area contributed by atoms with Crippen molar-refractivity contribution >= 4 is 5.71 Å². The van der Waals surface area contributed by atoms with Gasteiger partial charge in [-0.2, -0.15) is 0 Å². The summed E-state index contributed by atoms with van der Waals surface area (Å²) in [4.78, 5) is 9.75. The lowest BCUT2D eigenvalue weighted by Crippen LogP contribution is -2.24. The van der Waals surface area contributed by atoms with E-state index in [9.17, 15) is 0 Å². The van der Waals surface area contributed by atoms with Gasteiger partial charge in [-0.15, -0.1) is 0 Å². The lowest BCUT2D eigenvalue weighted by atomic mass is 10.1. The Bertz CT molecular complexity index is 520. The molecule has 20 heavy (non-hydrogen) atoms. The molecule has 105 valence electrons. The summed E-state index contributed by atoms with van der Waals surface area (Å²) in [7, 11) is 0. The molecule has 1 aliphatic heterocycles. The molecule has 1 N–H and O–H groups in total. The molecule has 2 rings (SSSR count). The van der Waals surface area contributed by atoms with Crippen LogP contribution in [0.15, 0.2) is 41.6 Å². The van der Waals surface area contributed by atoms with Crippen LogP contribution < -0.4 is 5.32 Å². The van der Waals surface area contributed by atoms with E-state index in [0.717, 1.165) is 29.9 Å². The summed E-state index contributed by atoms with van der Waals surface area (Å²) in [6.45, 7) is 4.49. The fourth-order valence-electron chi connectivity index (χ4n) is 1.91. The zero-order chi connectivity index (χ0) is 14.2. The maximum absolute atomic E-state index is 5.35. The molecule has 0 aromatic carbocycles. The fourth-order valence-corrected chi connectivity index (χ4v) is 1.91. The van der Waals surface area contributed by atoms with Gasteiger partial charge in [-0.25, -0.2) is 0 Å². The first kappa shape index (κ1) is 14.3. The molecule has 1 aliphatic rings. The normalized spacial score (nSPS) is 17.9. The number of pyridine rings is 1. The second-order valence-corrected chi connectivity index (χ2v) is 4.76. The van der Waals surface area contributed by atoms with Crippen LogP contribution in [0.2, 0.25) is 0 Å². The van der Waals surface area contributed by atoms with Crippen LogP contribution in [0, 0.1) is 13.1 Å². The topological polar surface area (TPSA) is 46.5 Å². The average molecular weight is 270 g/mol. The van der Waals surface area contributed by atoms with Crippen LogP contribution in [0.5, 0.6) is 0 Å². The summed E-state index contributed by atoms with van der Waals surface area (Å²) in [6, 6.07) is 6.23. The number of oxime groups is 1. The Kier molecular flexibility index (Phi) is 5.35. The van der Waals surface area contributed by atoms with E-state index in [1.54, 1.807) is 0 Å². The van der Waals surface area contributed by atoms with Gasteiger partial charge in [0, 0.05) is 11.7 Å². The Morgan fingerprint density at radius 1 is 1.50 bits per heavy atom. The van der Waals surface area contributed by atoms with E-state index in [1.165, 1.54) is 0 Å². The van der Waals surface area contributed by atoms with Gasteiger partial charge >= 0.3 is 0 Å². The first-order chi connectivity index (χ1) is 9.75. The largest absolute Gasteiger partial charge is 0.396 e. The first-order valence-corrected chi connectivity index (χ1v) is 6.87. The van der Waals surface area contributed by atoms with Gasteiger partial charge < -0.3 is 10.2 Å². The average Bonchev–Trinajstić information content (AvgIpc) is 2.48. The Labute approximate surface area is 120 Å². The number of nitrogens with zero attached hydrogens (tertiary/aromatic N) is 2. The van der Waals surface area contributed by atoms with Crippen molar-refractivity contribution in [3.8, 4) is 0 Å². The van der Waals surface area contributed by atoms with Crippen molar-refractivity contribution in [3.63, 3.8) is 0 Å². The van der Waals surface area contributed by atoms with E-state index in [0.29, 0.717) is 12.6 Å². The minimum Gasteiger partial charge on any atom is -0.396 e. The standard InChI is InChI=1S/C16H20N3O/c1-13-7-5-10-16(18-13)14(2)19-20-12-6-9-15-8-3-4-11-17-15/h3-5,7-8,10,15,17H,6,9,12H2,1-2H3/b19-14+. The molecule has 4 nitrogen and oxygen atoms in total. The summed E-state index contributed by atoms with van der Waals surface area (Å²) < 4.78 is 0. The van der Waals surface area contributed by atoms with Gasteiger partial charge in [0.25, 0.3) is 0 Å². The van der Waals surface area contributed by atoms with Gasteiger partial charge in [-0.05, 0) is 44.9 Å². The Morgan fingerprint density at radius 3 is 3.15 bits per heavy atom. The summed E-state index contributed by atoms with van der Waals surface area (Å²) >= 11 is 0. The molecule has 0 amide bonds. The van der Waals surface area contributed by atoms with Crippen LogP contribution in [0.4, 0.5) is 0 Å². The third kappa shape index (κ3) is 4.53. The maximum atomic E-state index is 5.35. The molecule has 0 spiro atoms. The van der Waals surface area contributed by atoms with Crippen molar-refractivity contribution < 1.29 is 4.84 Å². The number of hydrogen-bond donors (Lipinski definition) is 1. The number of allylic oxidation sites excluding steroid dienone is 2. The van der Waals surface area contributed by atoms with Crippen LogP contribution in [0.25, 0.3) is 0 Å². The molecule has 0 saturated heterocycles. The second kappa shape index (κ2) is 7.48. The Morgan fingerprint density at radius 2 is 2.40 bits per heavy atom. The van der Waals surface area contributed by atoms with Crippen LogP contribution in [-0.2, 0) is 4.84 Å². The molecule has 4 heteroatoms. The lowest BCUT2D eigenvalue weighted by molar-refractivity contribution is 0.139. The molecule has 0 bridgehead atoms. The number of rotatable bonds is 6. The van der Waals surface area contributed by atoms with E-state index < -0.39 is 0 Å². The number of aromatic nitrogens is 1. The number of aryl methyl sites for hydroxylation is 1. The van der Waals surface area contributed by atoms with Crippen molar-refractivity contribution in [2.75, 3.05) is 6.61 Å². The first-order valence-electron chi connectivity index (χ1n) is 6.87. The van der Waals surface area contributed by atoms with E-state index in [4.69, 9.17) is 4.84 Å². The molecule has 2 heterocycles. The van der Waals surface area contributed by atoms with Gasteiger partial charge in [0.15, 0.2) is 0 Å². The Hall–Kier alpha value is -2.10. The molecule has 0 saturated carbocycles. The number of dihydropyridines is 1. The zero-order valence-corrected chi connectivity index (χ0v) is 12.0. The highest BCUT2D eigenvalue weighted by atomic mass is 16.6. The third-order valence-corrected chi connectivity index (χ3v) is 3.00. The van der Waals surface area contributed by atoms with Gasteiger partial charge in [-0.1, -0.05) is 23.4 Å². The fraction of sp³-hybridized carbons (Fsp3) is 0.375. The highest BCUT2D eigenvalue weighted by Crippen LogP contribution is 2.04. The van der Waals surface area contributed by atoms with Crippen LogP contribution >= 0.6 is 0 Å². The molecule has 0 fully saturated rings. The molecule has 1 atom stereocenters. The summed E-state index contributed by atoms with van der Waals surface area (Å²) in [6.07, 6.45) is 10.9. The van der Waals surface area contributed by atoms with Gasteiger partial charge in [-0.3, -0.25) is 4.98 Å². The number of nitrogens with one attached hydrogen (secondary N) is 1. The quantitative estimate of drug-likeness (QED) is 0.491.